The summed E-state index contributed by atoms with van der Waals surface area (Å²) in [7, 11) is 0. The predicted octanol–water partition coefficient (Wildman–Crippen LogP) is 2.53. The Balaban J connectivity index is 2.66. The summed E-state index contributed by atoms with van der Waals surface area (Å²) in [4.78, 5) is 10.6. The van der Waals surface area contributed by atoms with Gasteiger partial charge in [0.05, 0.1) is 17.2 Å². The number of carbonyl (C=O) groups is 1. The highest BCUT2D eigenvalue weighted by molar-refractivity contribution is 9.10. The molecule has 4 nitrogen and oxygen atoms in total. The highest BCUT2D eigenvalue weighted by Gasteiger charge is 2.14. The van der Waals surface area contributed by atoms with Crippen LogP contribution in [-0.4, -0.2) is 16.2 Å². The Hall–Kier alpha value is -1.49. The van der Waals surface area contributed by atoms with Crippen molar-refractivity contribution < 1.29 is 19.4 Å². The van der Waals surface area contributed by atoms with Gasteiger partial charge in [-0.2, -0.15) is 0 Å². The van der Waals surface area contributed by atoms with Gasteiger partial charge in [-0.15, -0.1) is 0 Å². The van der Waals surface area contributed by atoms with E-state index in [9.17, 15) is 9.90 Å². The number of carboxylic acids is 1. The minimum atomic E-state index is -0.937. The smallest absolute Gasteiger partial charge is 0.307 e. The average Bonchev–Trinajstić information content (AvgIpc) is 2.55. The molecule has 2 rings (SSSR count). The van der Waals surface area contributed by atoms with Crippen LogP contribution in [0.5, 0.6) is 5.75 Å². The number of hydrogen-bond acceptors (Lipinski definition) is 3. The fourth-order valence-electron chi connectivity index (χ4n) is 1.43. The number of furan rings is 1. The molecule has 0 aliphatic carbocycles. The highest BCUT2D eigenvalue weighted by atomic mass is 79.9. The zero-order chi connectivity index (χ0) is 11.0. The molecule has 5 heteroatoms. The summed E-state index contributed by atoms with van der Waals surface area (Å²) in [5.41, 5.74) is 1.09. The molecular weight excluding hydrogens is 264 g/mol. The van der Waals surface area contributed by atoms with E-state index >= 15 is 0 Å². The summed E-state index contributed by atoms with van der Waals surface area (Å²) in [6.45, 7) is 0. The topological polar surface area (TPSA) is 70.7 Å². The number of rotatable bonds is 2. The van der Waals surface area contributed by atoms with Crippen LogP contribution in [0.15, 0.2) is 27.3 Å². The number of aliphatic carboxylic acids is 1. The van der Waals surface area contributed by atoms with E-state index in [1.165, 1.54) is 12.3 Å². The maximum absolute atomic E-state index is 10.6. The molecule has 78 valence electrons. The lowest BCUT2D eigenvalue weighted by Crippen LogP contribution is -1.98. The van der Waals surface area contributed by atoms with E-state index in [-0.39, 0.29) is 12.2 Å². The van der Waals surface area contributed by atoms with E-state index in [4.69, 9.17) is 9.52 Å². The van der Waals surface area contributed by atoms with Gasteiger partial charge < -0.3 is 14.6 Å². The zero-order valence-electron chi connectivity index (χ0n) is 7.53. The van der Waals surface area contributed by atoms with Crippen molar-refractivity contribution in [2.24, 2.45) is 0 Å². The van der Waals surface area contributed by atoms with E-state index in [1.807, 2.05) is 0 Å². The Morgan fingerprint density at radius 3 is 2.87 bits per heavy atom. The van der Waals surface area contributed by atoms with Crippen LogP contribution in [0.3, 0.4) is 0 Å². The lowest BCUT2D eigenvalue weighted by molar-refractivity contribution is -0.136. The molecule has 2 N–H and O–H groups in total. The van der Waals surface area contributed by atoms with Crippen molar-refractivity contribution >= 4 is 32.9 Å². The third kappa shape index (κ3) is 1.70. The Morgan fingerprint density at radius 1 is 1.47 bits per heavy atom. The molecule has 2 aromatic rings. The molecule has 0 atom stereocenters. The number of benzene rings is 1. The van der Waals surface area contributed by atoms with Crippen LogP contribution in [0.1, 0.15) is 5.56 Å². The summed E-state index contributed by atoms with van der Waals surface area (Å²) < 4.78 is 5.64. The summed E-state index contributed by atoms with van der Waals surface area (Å²) in [5, 5.41) is 18.8. The van der Waals surface area contributed by atoms with Crippen molar-refractivity contribution in [3.8, 4) is 5.75 Å². The Bertz CT molecular complexity index is 529. The van der Waals surface area contributed by atoms with Gasteiger partial charge in [0.2, 0.25) is 0 Å². The first-order valence-electron chi connectivity index (χ1n) is 4.19. The van der Waals surface area contributed by atoms with Gasteiger partial charge in [0, 0.05) is 10.9 Å². The monoisotopic (exact) mass is 270 g/mol. The quantitative estimate of drug-likeness (QED) is 0.880. The van der Waals surface area contributed by atoms with Gasteiger partial charge in [-0.1, -0.05) is 0 Å². The van der Waals surface area contributed by atoms with Gasteiger partial charge in [0.15, 0.2) is 0 Å². The molecule has 0 aliphatic rings. The van der Waals surface area contributed by atoms with E-state index in [0.717, 1.165) is 0 Å². The summed E-state index contributed by atoms with van der Waals surface area (Å²) in [5.74, 6) is -0.872. The second kappa shape index (κ2) is 3.58. The van der Waals surface area contributed by atoms with Crippen molar-refractivity contribution in [1.82, 2.24) is 0 Å². The molecule has 0 saturated heterocycles. The van der Waals surface area contributed by atoms with Gasteiger partial charge in [0.1, 0.15) is 11.3 Å². The van der Waals surface area contributed by atoms with Crippen LogP contribution in [0.4, 0.5) is 0 Å². The van der Waals surface area contributed by atoms with Crippen molar-refractivity contribution in [2.45, 2.75) is 6.42 Å². The first-order valence-corrected chi connectivity index (χ1v) is 4.98. The Kier molecular flexibility index (Phi) is 2.40. The molecule has 0 amide bonds. The van der Waals surface area contributed by atoms with Gasteiger partial charge in [0.25, 0.3) is 0 Å². The fourth-order valence-corrected chi connectivity index (χ4v) is 2.01. The zero-order valence-corrected chi connectivity index (χ0v) is 9.11. The normalized spacial score (nSPS) is 10.7. The molecule has 1 aromatic heterocycles. The standard InChI is InChI=1S/C10H7BrO4/c11-10-6(12)1-2-7-9(10)5(4-15-7)3-8(13)14/h1-2,4,12H,3H2,(H,13,14). The molecule has 0 spiro atoms. The minimum absolute atomic E-state index is 0.0653. The van der Waals surface area contributed by atoms with Gasteiger partial charge in [-0.05, 0) is 28.1 Å². The molecule has 15 heavy (non-hydrogen) atoms. The number of fused-ring (bicyclic) bond motifs is 1. The maximum atomic E-state index is 10.6. The van der Waals surface area contributed by atoms with Crippen molar-refractivity contribution in [1.29, 1.82) is 0 Å². The molecule has 0 aliphatic heterocycles. The number of phenols is 1. The van der Waals surface area contributed by atoms with Crippen LogP contribution in [0, 0.1) is 0 Å². The van der Waals surface area contributed by atoms with Crippen molar-refractivity contribution in [2.75, 3.05) is 0 Å². The molecule has 1 aromatic carbocycles. The number of phenolic OH excluding ortho intramolecular Hbond substituents is 1. The van der Waals surface area contributed by atoms with Crippen LogP contribution >= 0.6 is 15.9 Å². The van der Waals surface area contributed by atoms with E-state index in [1.54, 1.807) is 6.07 Å². The van der Waals surface area contributed by atoms with Crippen molar-refractivity contribution in [3.05, 3.63) is 28.4 Å². The minimum Gasteiger partial charge on any atom is -0.507 e. The number of carboxylic acid groups (broad SMARTS) is 1. The fraction of sp³-hybridized carbons (Fsp3) is 0.100. The maximum Gasteiger partial charge on any atom is 0.307 e. The molecule has 0 radical (unpaired) electrons. The SMILES string of the molecule is O=C(O)Cc1coc2ccc(O)c(Br)c12. The van der Waals surface area contributed by atoms with E-state index in [2.05, 4.69) is 15.9 Å². The molecule has 0 saturated carbocycles. The molecule has 0 fully saturated rings. The third-order valence-corrected chi connectivity index (χ3v) is 2.88. The summed E-state index contributed by atoms with van der Waals surface area (Å²) in [6, 6.07) is 3.08. The lowest BCUT2D eigenvalue weighted by atomic mass is 10.1. The first kappa shape index (κ1) is 10.0. The highest BCUT2D eigenvalue weighted by Crippen LogP contribution is 2.35. The largest absolute Gasteiger partial charge is 0.507 e. The van der Waals surface area contributed by atoms with E-state index in [0.29, 0.717) is 21.0 Å². The average molecular weight is 271 g/mol. The number of halogens is 1. The first-order chi connectivity index (χ1) is 7.09. The summed E-state index contributed by atoms with van der Waals surface area (Å²) in [6.07, 6.45) is 1.26. The van der Waals surface area contributed by atoms with Gasteiger partial charge in [-0.3, -0.25) is 4.79 Å². The number of aromatic hydroxyl groups is 1. The van der Waals surface area contributed by atoms with Crippen molar-refractivity contribution in [3.63, 3.8) is 0 Å². The van der Waals surface area contributed by atoms with E-state index < -0.39 is 5.97 Å². The number of hydrogen-bond donors (Lipinski definition) is 2. The lowest BCUT2D eigenvalue weighted by Gasteiger charge is -1.99. The van der Waals surface area contributed by atoms with Crippen LogP contribution in [0.25, 0.3) is 11.0 Å². The molecule has 0 unspecified atom stereocenters. The molecular formula is C10H7BrO4. The molecule has 0 bridgehead atoms. The Morgan fingerprint density at radius 2 is 2.20 bits per heavy atom. The second-order valence-electron chi connectivity index (χ2n) is 3.10. The van der Waals surface area contributed by atoms with Crippen LogP contribution in [0.2, 0.25) is 0 Å². The van der Waals surface area contributed by atoms with Gasteiger partial charge in [-0.25, -0.2) is 0 Å². The van der Waals surface area contributed by atoms with Crippen LogP contribution < -0.4 is 0 Å². The molecule has 1 heterocycles. The Labute approximate surface area is 93.3 Å². The second-order valence-corrected chi connectivity index (χ2v) is 3.90. The predicted molar refractivity (Wildman–Crippen MR) is 56.9 cm³/mol. The summed E-state index contributed by atoms with van der Waals surface area (Å²) >= 11 is 3.20. The third-order valence-electron chi connectivity index (χ3n) is 2.07. The van der Waals surface area contributed by atoms with Crippen LogP contribution in [-0.2, 0) is 11.2 Å². The van der Waals surface area contributed by atoms with Gasteiger partial charge >= 0.3 is 5.97 Å².